The average Bonchev–Trinajstić information content (AvgIpc) is 2.89. The summed E-state index contributed by atoms with van der Waals surface area (Å²) in [6.45, 7) is 0.426. The van der Waals surface area contributed by atoms with Gasteiger partial charge in [0.2, 0.25) is 0 Å². The molecule has 3 aromatic carbocycles. The summed E-state index contributed by atoms with van der Waals surface area (Å²) in [4.78, 5) is 38.3. The number of ether oxygens (including phenoxy) is 1. The quantitative estimate of drug-likeness (QED) is 0.409. The average molecular weight is 526 g/mol. The first-order valence-electron chi connectivity index (χ1n) is 12.2. The summed E-state index contributed by atoms with van der Waals surface area (Å²) in [5, 5.41) is 9.44. The third kappa shape index (κ3) is 7.00. The van der Waals surface area contributed by atoms with Crippen molar-refractivity contribution in [3.8, 4) is 16.9 Å². The van der Waals surface area contributed by atoms with Crippen molar-refractivity contribution in [2.75, 3.05) is 6.54 Å². The van der Waals surface area contributed by atoms with E-state index in [0.717, 1.165) is 29.5 Å². The van der Waals surface area contributed by atoms with Crippen molar-refractivity contribution in [1.29, 1.82) is 0 Å². The van der Waals surface area contributed by atoms with E-state index in [1.807, 2.05) is 24.3 Å². The number of hydrogen-bond donors (Lipinski definition) is 1. The van der Waals surface area contributed by atoms with Crippen LogP contribution in [0.5, 0.6) is 5.75 Å². The number of carboxylic acid groups (broad SMARTS) is 1. The molecule has 1 aliphatic heterocycles. The molecular formula is C29H26F3NO5. The number of nitrogens with zero attached hydrogens (tertiary/aromatic N) is 1. The Labute approximate surface area is 217 Å². The number of ketones is 1. The van der Waals surface area contributed by atoms with E-state index in [4.69, 9.17) is 0 Å². The minimum absolute atomic E-state index is 0.0810. The van der Waals surface area contributed by atoms with Crippen LogP contribution >= 0.6 is 0 Å². The number of rotatable bonds is 8. The zero-order chi connectivity index (χ0) is 27.3. The lowest BCUT2D eigenvalue weighted by Gasteiger charge is -2.33. The van der Waals surface area contributed by atoms with E-state index in [2.05, 4.69) is 4.74 Å². The van der Waals surface area contributed by atoms with Crippen molar-refractivity contribution in [3.63, 3.8) is 0 Å². The van der Waals surface area contributed by atoms with E-state index < -0.39 is 18.4 Å². The Bertz CT molecular complexity index is 1290. The number of likely N-dealkylation sites (tertiary alicyclic amines) is 1. The molecule has 0 unspecified atom stereocenters. The van der Waals surface area contributed by atoms with Crippen LogP contribution in [0, 0.1) is 0 Å². The second-order valence-corrected chi connectivity index (χ2v) is 9.21. The minimum Gasteiger partial charge on any atom is -0.480 e. The third-order valence-corrected chi connectivity index (χ3v) is 6.43. The van der Waals surface area contributed by atoms with Gasteiger partial charge in [0.15, 0.2) is 0 Å². The summed E-state index contributed by atoms with van der Waals surface area (Å²) in [6.07, 6.45) is -2.47. The summed E-state index contributed by atoms with van der Waals surface area (Å²) < 4.78 is 40.7. The van der Waals surface area contributed by atoms with Crippen molar-refractivity contribution in [2.45, 2.75) is 44.5 Å². The highest BCUT2D eigenvalue weighted by molar-refractivity contribution is 5.97. The van der Waals surface area contributed by atoms with Crippen LogP contribution in [0.15, 0.2) is 72.8 Å². The number of carboxylic acids is 1. The van der Waals surface area contributed by atoms with Gasteiger partial charge in [-0.05, 0) is 65.8 Å². The summed E-state index contributed by atoms with van der Waals surface area (Å²) in [5.74, 6) is -1.69. The normalized spacial score (nSPS) is 15.7. The smallest absolute Gasteiger partial charge is 0.480 e. The molecule has 4 rings (SSSR count). The highest BCUT2D eigenvalue weighted by Crippen LogP contribution is 2.25. The van der Waals surface area contributed by atoms with Crippen LogP contribution in [0.1, 0.15) is 40.7 Å². The molecule has 6 nitrogen and oxygen atoms in total. The highest BCUT2D eigenvalue weighted by Gasteiger charge is 2.32. The number of aliphatic carboxylic acids is 1. The van der Waals surface area contributed by atoms with Gasteiger partial charge in [-0.1, -0.05) is 48.5 Å². The fourth-order valence-electron chi connectivity index (χ4n) is 4.54. The molecule has 1 atom stereocenters. The molecule has 0 bridgehead atoms. The molecule has 1 amide bonds. The molecule has 0 aromatic heterocycles. The SMILES string of the molecule is O=C(Cc1ccc(OC(F)(F)F)cc1)Cc1ccc(-c2ccc(C(=O)N3CCCC[C@H]3C(=O)O)cc2)cc1. The van der Waals surface area contributed by atoms with Crippen LogP contribution < -0.4 is 4.74 Å². The first-order valence-corrected chi connectivity index (χ1v) is 12.2. The Balaban J connectivity index is 1.34. The van der Waals surface area contributed by atoms with Crippen LogP contribution in [-0.4, -0.2) is 46.6 Å². The van der Waals surface area contributed by atoms with Gasteiger partial charge < -0.3 is 14.7 Å². The number of piperidine rings is 1. The molecule has 198 valence electrons. The standard InChI is InChI=1S/C29H26F3NO5/c30-29(31,32)38-25-14-6-20(7-15-25)18-24(34)17-19-4-8-21(9-5-19)22-10-12-23(13-11-22)27(35)33-16-2-1-3-26(33)28(36)37/h4-15,26H,1-3,16-18H2,(H,36,37)/t26-/m0/s1. The predicted octanol–water partition coefficient (Wildman–Crippen LogP) is 5.69. The van der Waals surface area contributed by atoms with E-state index >= 15 is 0 Å². The molecule has 1 aliphatic rings. The summed E-state index contributed by atoms with van der Waals surface area (Å²) in [7, 11) is 0. The number of carbonyl (C=O) groups is 3. The summed E-state index contributed by atoms with van der Waals surface area (Å²) >= 11 is 0. The number of halogens is 3. The summed E-state index contributed by atoms with van der Waals surface area (Å²) in [5.41, 5.74) is 3.58. The lowest BCUT2D eigenvalue weighted by atomic mass is 9.98. The van der Waals surface area contributed by atoms with E-state index in [9.17, 15) is 32.7 Å². The van der Waals surface area contributed by atoms with Gasteiger partial charge in [0.1, 0.15) is 17.6 Å². The molecular weight excluding hydrogens is 499 g/mol. The number of hydrogen-bond acceptors (Lipinski definition) is 4. The molecule has 1 N–H and O–H groups in total. The fraction of sp³-hybridized carbons (Fsp3) is 0.276. The van der Waals surface area contributed by atoms with Gasteiger partial charge in [-0.2, -0.15) is 0 Å². The Morgan fingerprint density at radius 3 is 1.87 bits per heavy atom. The fourth-order valence-corrected chi connectivity index (χ4v) is 4.54. The molecule has 3 aromatic rings. The first kappa shape index (κ1) is 26.9. The molecule has 1 heterocycles. The van der Waals surface area contributed by atoms with Gasteiger partial charge in [0, 0.05) is 24.9 Å². The number of Topliss-reactive ketones (excluding diaryl/α,β-unsaturated/α-hetero) is 1. The maximum absolute atomic E-state index is 12.9. The van der Waals surface area contributed by atoms with Crippen LogP contribution in [0.25, 0.3) is 11.1 Å². The van der Waals surface area contributed by atoms with Crippen LogP contribution in [-0.2, 0) is 22.4 Å². The van der Waals surface area contributed by atoms with E-state index in [1.165, 1.54) is 29.2 Å². The topological polar surface area (TPSA) is 83.9 Å². The molecule has 0 radical (unpaired) electrons. The number of alkyl halides is 3. The Morgan fingerprint density at radius 1 is 0.816 bits per heavy atom. The zero-order valence-electron chi connectivity index (χ0n) is 20.4. The van der Waals surface area contributed by atoms with Crippen molar-refractivity contribution >= 4 is 17.7 Å². The lowest BCUT2D eigenvalue weighted by molar-refractivity contribution is -0.274. The van der Waals surface area contributed by atoms with E-state index in [-0.39, 0.29) is 30.3 Å². The van der Waals surface area contributed by atoms with Crippen molar-refractivity contribution in [3.05, 3.63) is 89.5 Å². The van der Waals surface area contributed by atoms with E-state index in [0.29, 0.717) is 24.1 Å². The second kappa shape index (κ2) is 11.5. The Kier molecular flexibility index (Phi) is 8.14. The van der Waals surface area contributed by atoms with Gasteiger partial charge in [0.05, 0.1) is 0 Å². The maximum Gasteiger partial charge on any atom is 0.573 e. The van der Waals surface area contributed by atoms with Crippen molar-refractivity contribution < 1.29 is 37.4 Å². The van der Waals surface area contributed by atoms with Crippen molar-refractivity contribution in [2.24, 2.45) is 0 Å². The molecule has 9 heteroatoms. The van der Waals surface area contributed by atoms with Gasteiger partial charge in [-0.3, -0.25) is 9.59 Å². The number of benzene rings is 3. The van der Waals surface area contributed by atoms with Crippen LogP contribution in [0.3, 0.4) is 0 Å². The maximum atomic E-state index is 12.9. The molecule has 0 saturated carbocycles. The zero-order valence-corrected chi connectivity index (χ0v) is 20.4. The second-order valence-electron chi connectivity index (χ2n) is 9.21. The number of carbonyl (C=O) groups excluding carboxylic acids is 2. The monoisotopic (exact) mass is 525 g/mol. The van der Waals surface area contributed by atoms with Crippen molar-refractivity contribution in [1.82, 2.24) is 4.90 Å². The Hall–Kier alpha value is -4.14. The third-order valence-electron chi connectivity index (χ3n) is 6.43. The van der Waals surface area contributed by atoms with Gasteiger partial charge in [0.25, 0.3) is 5.91 Å². The highest BCUT2D eigenvalue weighted by atomic mass is 19.4. The Morgan fingerprint density at radius 2 is 1.34 bits per heavy atom. The van der Waals surface area contributed by atoms with Crippen LogP contribution in [0.4, 0.5) is 13.2 Å². The number of amides is 1. The molecule has 1 fully saturated rings. The molecule has 1 saturated heterocycles. The minimum atomic E-state index is -4.76. The predicted molar refractivity (Wildman–Crippen MR) is 134 cm³/mol. The van der Waals surface area contributed by atoms with Gasteiger partial charge in [-0.25, -0.2) is 4.79 Å². The summed E-state index contributed by atoms with van der Waals surface area (Å²) in [6, 6.07) is 18.8. The first-order chi connectivity index (χ1) is 18.1. The molecule has 0 spiro atoms. The molecule has 0 aliphatic carbocycles. The largest absolute Gasteiger partial charge is 0.573 e. The van der Waals surface area contributed by atoms with Crippen LogP contribution in [0.2, 0.25) is 0 Å². The van der Waals surface area contributed by atoms with Gasteiger partial charge in [-0.15, -0.1) is 13.2 Å². The molecule has 38 heavy (non-hydrogen) atoms. The van der Waals surface area contributed by atoms with Gasteiger partial charge >= 0.3 is 12.3 Å². The lowest BCUT2D eigenvalue weighted by Crippen LogP contribution is -2.47. The van der Waals surface area contributed by atoms with E-state index in [1.54, 1.807) is 24.3 Å².